The lowest BCUT2D eigenvalue weighted by Crippen LogP contribution is -2.26. The van der Waals surface area contributed by atoms with E-state index >= 15 is 0 Å². The molecule has 0 spiro atoms. The van der Waals surface area contributed by atoms with Crippen molar-refractivity contribution >= 4 is 40.2 Å². The molecule has 0 saturated heterocycles. The molecule has 0 bridgehead atoms. The zero-order valence-corrected chi connectivity index (χ0v) is 13.8. The second-order valence-corrected chi connectivity index (χ2v) is 5.60. The van der Waals surface area contributed by atoms with E-state index < -0.39 is 5.97 Å². The van der Waals surface area contributed by atoms with Gasteiger partial charge in [-0.3, -0.25) is 9.59 Å². The summed E-state index contributed by atoms with van der Waals surface area (Å²) >= 11 is 2.19. The smallest absolute Gasteiger partial charge is 0.308 e. The van der Waals surface area contributed by atoms with Crippen LogP contribution in [0.25, 0.3) is 0 Å². The first-order chi connectivity index (χ1) is 9.99. The normalized spacial score (nSPS) is 10.0. The highest BCUT2D eigenvalue weighted by atomic mass is 127. The van der Waals surface area contributed by atoms with Gasteiger partial charge in [-0.05, 0) is 52.9 Å². The van der Waals surface area contributed by atoms with Gasteiger partial charge in [-0.25, -0.2) is 0 Å². The Morgan fingerprint density at radius 2 is 1.81 bits per heavy atom. The molecule has 0 aliphatic heterocycles. The Morgan fingerprint density at radius 1 is 1.10 bits per heavy atom. The molecule has 0 radical (unpaired) electrons. The van der Waals surface area contributed by atoms with Crippen LogP contribution >= 0.6 is 22.6 Å². The van der Waals surface area contributed by atoms with Gasteiger partial charge in [0.1, 0.15) is 5.75 Å². The number of halogens is 1. The van der Waals surface area contributed by atoms with E-state index in [1.807, 2.05) is 24.3 Å². The highest BCUT2D eigenvalue weighted by molar-refractivity contribution is 14.1. The van der Waals surface area contributed by atoms with Gasteiger partial charge in [0.2, 0.25) is 0 Å². The van der Waals surface area contributed by atoms with Crippen molar-refractivity contribution in [3.8, 4) is 5.75 Å². The number of benzene rings is 2. The standard InChI is InChI=1S/C16H14INO3/c1-11(19)21-13-7-5-6-12(10-13)16(20)18(2)15-9-4-3-8-14(15)17/h3-10H,1-2H3. The molecule has 0 saturated carbocycles. The third kappa shape index (κ3) is 3.81. The Bertz CT molecular complexity index is 685. The molecule has 0 aromatic heterocycles. The first-order valence-electron chi connectivity index (χ1n) is 6.30. The molecular formula is C16H14INO3. The number of nitrogens with zero attached hydrogens (tertiary/aromatic N) is 1. The molecular weight excluding hydrogens is 381 g/mol. The number of esters is 1. The van der Waals surface area contributed by atoms with E-state index in [1.165, 1.54) is 6.92 Å². The Hall–Kier alpha value is -1.89. The molecule has 108 valence electrons. The van der Waals surface area contributed by atoms with Gasteiger partial charge < -0.3 is 9.64 Å². The number of rotatable bonds is 3. The zero-order valence-electron chi connectivity index (χ0n) is 11.7. The molecule has 21 heavy (non-hydrogen) atoms. The van der Waals surface area contributed by atoms with Gasteiger partial charge in [0.05, 0.1) is 5.69 Å². The second kappa shape index (κ2) is 6.71. The van der Waals surface area contributed by atoms with Crippen molar-refractivity contribution < 1.29 is 14.3 Å². The topological polar surface area (TPSA) is 46.6 Å². The molecule has 4 nitrogen and oxygen atoms in total. The van der Waals surface area contributed by atoms with E-state index in [0.29, 0.717) is 11.3 Å². The second-order valence-electron chi connectivity index (χ2n) is 4.44. The molecule has 0 unspecified atom stereocenters. The molecule has 0 fully saturated rings. The van der Waals surface area contributed by atoms with Gasteiger partial charge in [-0.1, -0.05) is 18.2 Å². The molecule has 0 atom stereocenters. The number of anilines is 1. The predicted octanol–water partition coefficient (Wildman–Crippen LogP) is 3.49. The van der Waals surface area contributed by atoms with Crippen molar-refractivity contribution in [2.75, 3.05) is 11.9 Å². The average Bonchev–Trinajstić information content (AvgIpc) is 2.46. The van der Waals surface area contributed by atoms with Gasteiger partial charge in [0.15, 0.2) is 0 Å². The lowest BCUT2D eigenvalue weighted by Gasteiger charge is -2.19. The first kappa shape index (κ1) is 15.5. The molecule has 0 N–H and O–H groups in total. The number of amides is 1. The molecule has 2 aromatic carbocycles. The summed E-state index contributed by atoms with van der Waals surface area (Å²) in [6.07, 6.45) is 0. The van der Waals surface area contributed by atoms with Crippen molar-refractivity contribution in [1.29, 1.82) is 0 Å². The van der Waals surface area contributed by atoms with Crippen molar-refractivity contribution in [2.24, 2.45) is 0 Å². The number of hydrogen-bond acceptors (Lipinski definition) is 3. The van der Waals surface area contributed by atoms with E-state index in [2.05, 4.69) is 22.6 Å². The van der Waals surface area contributed by atoms with Crippen molar-refractivity contribution in [3.05, 3.63) is 57.7 Å². The number of carbonyl (C=O) groups excluding carboxylic acids is 2. The van der Waals surface area contributed by atoms with Crippen LogP contribution in [-0.2, 0) is 4.79 Å². The third-order valence-corrected chi connectivity index (χ3v) is 3.77. The Kier molecular flexibility index (Phi) is 4.95. The average molecular weight is 395 g/mol. The van der Waals surface area contributed by atoms with Crippen LogP contribution in [0.5, 0.6) is 5.75 Å². The van der Waals surface area contributed by atoms with E-state index in [1.54, 1.807) is 36.2 Å². The minimum absolute atomic E-state index is 0.159. The summed E-state index contributed by atoms with van der Waals surface area (Å²) in [5.41, 5.74) is 1.30. The highest BCUT2D eigenvalue weighted by Crippen LogP contribution is 2.23. The minimum atomic E-state index is -0.412. The maximum Gasteiger partial charge on any atom is 0.308 e. The number of carbonyl (C=O) groups is 2. The lowest BCUT2D eigenvalue weighted by molar-refractivity contribution is -0.131. The van der Waals surface area contributed by atoms with Gasteiger partial charge in [-0.2, -0.15) is 0 Å². The van der Waals surface area contributed by atoms with Crippen LogP contribution in [-0.4, -0.2) is 18.9 Å². The minimum Gasteiger partial charge on any atom is -0.427 e. The first-order valence-corrected chi connectivity index (χ1v) is 7.38. The summed E-state index contributed by atoms with van der Waals surface area (Å²) in [6.45, 7) is 1.33. The van der Waals surface area contributed by atoms with E-state index in [0.717, 1.165) is 9.26 Å². The summed E-state index contributed by atoms with van der Waals surface area (Å²) in [5.74, 6) is -0.205. The highest BCUT2D eigenvalue weighted by Gasteiger charge is 2.16. The summed E-state index contributed by atoms with van der Waals surface area (Å²) in [7, 11) is 1.72. The summed E-state index contributed by atoms with van der Waals surface area (Å²) in [5, 5.41) is 0. The Morgan fingerprint density at radius 3 is 2.48 bits per heavy atom. The van der Waals surface area contributed by atoms with Crippen LogP contribution in [0.15, 0.2) is 48.5 Å². The van der Waals surface area contributed by atoms with Crippen LogP contribution in [0.4, 0.5) is 5.69 Å². The molecule has 2 aromatic rings. The molecule has 0 heterocycles. The number of para-hydroxylation sites is 1. The van der Waals surface area contributed by atoms with E-state index in [4.69, 9.17) is 4.74 Å². The quantitative estimate of drug-likeness (QED) is 0.454. The summed E-state index contributed by atoms with van der Waals surface area (Å²) in [4.78, 5) is 25.1. The molecule has 0 aliphatic carbocycles. The lowest BCUT2D eigenvalue weighted by atomic mass is 10.2. The Balaban J connectivity index is 2.27. The summed E-state index contributed by atoms with van der Waals surface area (Å²) in [6, 6.07) is 14.2. The fourth-order valence-corrected chi connectivity index (χ4v) is 2.63. The Labute approximate surface area is 136 Å². The van der Waals surface area contributed by atoms with Crippen molar-refractivity contribution in [3.63, 3.8) is 0 Å². The van der Waals surface area contributed by atoms with Crippen LogP contribution in [0.3, 0.4) is 0 Å². The largest absolute Gasteiger partial charge is 0.427 e. The predicted molar refractivity (Wildman–Crippen MR) is 89.6 cm³/mol. The van der Waals surface area contributed by atoms with Gasteiger partial charge in [-0.15, -0.1) is 0 Å². The van der Waals surface area contributed by atoms with Crippen molar-refractivity contribution in [2.45, 2.75) is 6.92 Å². The van der Waals surface area contributed by atoms with E-state index in [9.17, 15) is 9.59 Å². The van der Waals surface area contributed by atoms with Crippen molar-refractivity contribution in [1.82, 2.24) is 0 Å². The van der Waals surface area contributed by atoms with Gasteiger partial charge >= 0.3 is 5.97 Å². The van der Waals surface area contributed by atoms with Crippen LogP contribution in [0.2, 0.25) is 0 Å². The number of ether oxygens (including phenoxy) is 1. The van der Waals surface area contributed by atoms with Crippen LogP contribution in [0.1, 0.15) is 17.3 Å². The molecule has 2 rings (SSSR count). The van der Waals surface area contributed by atoms with Crippen LogP contribution in [0, 0.1) is 3.57 Å². The fraction of sp³-hybridized carbons (Fsp3) is 0.125. The zero-order chi connectivity index (χ0) is 15.4. The molecule has 5 heteroatoms. The van der Waals surface area contributed by atoms with Crippen LogP contribution < -0.4 is 9.64 Å². The summed E-state index contributed by atoms with van der Waals surface area (Å²) < 4.78 is 5.99. The van der Waals surface area contributed by atoms with E-state index in [-0.39, 0.29) is 5.91 Å². The fourth-order valence-electron chi connectivity index (χ4n) is 1.89. The SMILES string of the molecule is CC(=O)Oc1cccc(C(=O)N(C)c2ccccc2I)c1. The maximum atomic E-state index is 12.5. The number of hydrogen-bond donors (Lipinski definition) is 0. The van der Waals surface area contributed by atoms with Gasteiger partial charge in [0, 0.05) is 23.1 Å². The molecule has 1 amide bonds. The third-order valence-electron chi connectivity index (χ3n) is 2.86. The van der Waals surface area contributed by atoms with Gasteiger partial charge in [0.25, 0.3) is 5.91 Å². The maximum absolute atomic E-state index is 12.5. The monoisotopic (exact) mass is 395 g/mol. The molecule has 0 aliphatic rings.